The van der Waals surface area contributed by atoms with Crippen LogP contribution in [0.1, 0.15) is 47.4 Å². The Bertz CT molecular complexity index is 846. The predicted octanol–water partition coefficient (Wildman–Crippen LogP) is 3.78. The Hall–Kier alpha value is -2.03. The van der Waals surface area contributed by atoms with Gasteiger partial charge in [-0.05, 0) is 54.5 Å². The lowest BCUT2D eigenvalue weighted by atomic mass is 9.68. The van der Waals surface area contributed by atoms with Crippen LogP contribution in [0.5, 0.6) is 0 Å². The molecule has 2 heterocycles. The molecule has 0 radical (unpaired) electrons. The number of furan rings is 1. The summed E-state index contributed by atoms with van der Waals surface area (Å²) in [4.78, 5) is 19.2. The lowest BCUT2D eigenvalue weighted by molar-refractivity contribution is 0.0948. The van der Waals surface area contributed by atoms with Crippen molar-refractivity contribution in [2.24, 2.45) is 10.4 Å². The quantitative estimate of drug-likeness (QED) is 0.367. The van der Waals surface area contributed by atoms with E-state index >= 15 is 0 Å². The van der Waals surface area contributed by atoms with Crippen LogP contribution in [0.25, 0.3) is 0 Å². The number of hydrogen-bond acceptors (Lipinski definition) is 3. The second-order valence-electron chi connectivity index (χ2n) is 7.89. The molecule has 6 nitrogen and oxygen atoms in total. The molecule has 156 valence electrons. The maximum Gasteiger partial charge on any atom is 0.251 e. The number of guanidine groups is 1. The highest BCUT2D eigenvalue weighted by Crippen LogP contribution is 2.47. The van der Waals surface area contributed by atoms with E-state index in [9.17, 15) is 4.79 Å². The fourth-order valence-electron chi connectivity index (χ4n) is 4.22. The lowest BCUT2D eigenvalue weighted by Gasteiger charge is -2.38. The standard InChI is InChI=1S/C22H28N4O2.HI/c1-23-21(26-11-10-22(16-26)8-4-9-22)25-14-17-5-2-6-18(13-17)20(27)24-15-19-7-3-12-28-19;/h2-3,5-7,12-13H,4,8-11,14-16H2,1H3,(H,23,25)(H,24,27);1H. The second kappa shape index (κ2) is 9.65. The second-order valence-corrected chi connectivity index (χ2v) is 7.89. The van der Waals surface area contributed by atoms with Crippen molar-refractivity contribution in [3.05, 3.63) is 59.5 Å². The Morgan fingerprint density at radius 2 is 2.03 bits per heavy atom. The summed E-state index contributed by atoms with van der Waals surface area (Å²) in [6.07, 6.45) is 6.97. The van der Waals surface area contributed by atoms with Crippen LogP contribution in [0.15, 0.2) is 52.1 Å². The van der Waals surface area contributed by atoms with Gasteiger partial charge in [-0.25, -0.2) is 0 Å². The van der Waals surface area contributed by atoms with Gasteiger partial charge in [0.15, 0.2) is 5.96 Å². The maximum atomic E-state index is 12.4. The SMILES string of the molecule is CN=C(NCc1cccc(C(=O)NCc2ccco2)c1)N1CCC2(CCC2)C1.I. The Labute approximate surface area is 189 Å². The van der Waals surface area contributed by atoms with Crippen LogP contribution in [0.3, 0.4) is 0 Å². The highest BCUT2D eigenvalue weighted by atomic mass is 127. The van der Waals surface area contributed by atoms with Crippen LogP contribution < -0.4 is 10.6 Å². The summed E-state index contributed by atoms with van der Waals surface area (Å²) in [7, 11) is 1.84. The van der Waals surface area contributed by atoms with Crippen LogP contribution in [0, 0.1) is 5.41 Å². The molecule has 4 rings (SSSR count). The number of rotatable bonds is 5. The van der Waals surface area contributed by atoms with Gasteiger partial charge in [-0.15, -0.1) is 24.0 Å². The van der Waals surface area contributed by atoms with Gasteiger partial charge in [0.05, 0.1) is 12.8 Å². The van der Waals surface area contributed by atoms with E-state index in [1.807, 2.05) is 43.4 Å². The number of nitrogens with zero attached hydrogens (tertiary/aromatic N) is 2. The van der Waals surface area contributed by atoms with Gasteiger partial charge in [0.25, 0.3) is 5.91 Å². The molecule has 2 fully saturated rings. The molecule has 0 atom stereocenters. The van der Waals surface area contributed by atoms with Crippen LogP contribution in [0.2, 0.25) is 0 Å². The van der Waals surface area contributed by atoms with Crippen molar-refractivity contribution in [1.29, 1.82) is 0 Å². The Morgan fingerprint density at radius 1 is 1.17 bits per heavy atom. The van der Waals surface area contributed by atoms with Crippen molar-refractivity contribution in [2.45, 2.75) is 38.8 Å². The summed E-state index contributed by atoms with van der Waals surface area (Å²) in [6.45, 7) is 3.23. The molecule has 1 saturated carbocycles. The fraction of sp³-hybridized carbons (Fsp3) is 0.455. The molecule has 0 bridgehead atoms. The van der Waals surface area contributed by atoms with Crippen LogP contribution >= 0.6 is 24.0 Å². The zero-order valence-electron chi connectivity index (χ0n) is 16.8. The van der Waals surface area contributed by atoms with Crippen molar-refractivity contribution >= 4 is 35.8 Å². The number of nitrogens with one attached hydrogen (secondary N) is 2. The molecule has 1 saturated heterocycles. The third-order valence-electron chi connectivity index (χ3n) is 6.01. The normalized spacial score (nSPS) is 17.6. The average molecular weight is 508 g/mol. The molecule has 1 spiro atoms. The number of carbonyl (C=O) groups excluding carboxylic acids is 1. The third-order valence-corrected chi connectivity index (χ3v) is 6.01. The van der Waals surface area contributed by atoms with Gasteiger partial charge in [-0.2, -0.15) is 0 Å². The molecule has 1 aromatic carbocycles. The van der Waals surface area contributed by atoms with Gasteiger partial charge in [-0.1, -0.05) is 18.6 Å². The molecular weight excluding hydrogens is 479 g/mol. The van der Waals surface area contributed by atoms with Crippen LogP contribution in [-0.4, -0.2) is 36.9 Å². The smallest absolute Gasteiger partial charge is 0.251 e. The minimum Gasteiger partial charge on any atom is -0.467 e. The number of hydrogen-bond donors (Lipinski definition) is 2. The molecule has 0 unspecified atom stereocenters. The molecular formula is C22H29IN4O2. The Kier molecular flexibility index (Phi) is 7.21. The summed E-state index contributed by atoms with van der Waals surface area (Å²) >= 11 is 0. The Morgan fingerprint density at radius 3 is 2.69 bits per heavy atom. The van der Waals surface area contributed by atoms with E-state index in [1.54, 1.807) is 6.26 Å². The molecule has 1 aromatic heterocycles. The average Bonchev–Trinajstić information content (AvgIpc) is 3.37. The summed E-state index contributed by atoms with van der Waals surface area (Å²) < 4.78 is 5.25. The van der Waals surface area contributed by atoms with E-state index in [2.05, 4.69) is 20.5 Å². The predicted molar refractivity (Wildman–Crippen MR) is 124 cm³/mol. The van der Waals surface area contributed by atoms with E-state index < -0.39 is 0 Å². The molecule has 2 aromatic rings. The van der Waals surface area contributed by atoms with Crippen molar-refractivity contribution in [3.63, 3.8) is 0 Å². The van der Waals surface area contributed by atoms with Crippen LogP contribution in [0.4, 0.5) is 0 Å². The number of benzene rings is 1. The molecule has 2 aliphatic rings. The minimum atomic E-state index is -0.103. The van der Waals surface area contributed by atoms with E-state index in [-0.39, 0.29) is 29.9 Å². The first-order chi connectivity index (χ1) is 13.7. The third kappa shape index (κ3) is 5.12. The topological polar surface area (TPSA) is 69.9 Å². The lowest BCUT2D eigenvalue weighted by Crippen LogP contribution is -2.42. The maximum absolute atomic E-state index is 12.4. The van der Waals surface area contributed by atoms with Gasteiger partial charge in [0.1, 0.15) is 5.76 Å². The molecule has 1 aliphatic heterocycles. The summed E-state index contributed by atoms with van der Waals surface area (Å²) in [6, 6.07) is 11.4. The van der Waals surface area contributed by atoms with E-state index in [1.165, 1.54) is 25.7 Å². The van der Waals surface area contributed by atoms with E-state index in [4.69, 9.17) is 4.42 Å². The minimum absolute atomic E-state index is 0. The molecule has 1 amide bonds. The number of amides is 1. The number of aliphatic imine (C=N–C) groups is 1. The van der Waals surface area contributed by atoms with E-state index in [0.29, 0.717) is 24.1 Å². The molecule has 7 heteroatoms. The summed E-state index contributed by atoms with van der Waals surface area (Å²) in [5, 5.41) is 6.35. The van der Waals surface area contributed by atoms with E-state index in [0.717, 1.165) is 30.4 Å². The largest absolute Gasteiger partial charge is 0.467 e. The van der Waals surface area contributed by atoms with Crippen molar-refractivity contribution in [2.75, 3.05) is 20.1 Å². The van der Waals surface area contributed by atoms with Gasteiger partial charge in [-0.3, -0.25) is 9.79 Å². The number of carbonyl (C=O) groups is 1. The Balaban J connectivity index is 0.00000240. The van der Waals surface area contributed by atoms with Gasteiger partial charge in [0, 0.05) is 32.2 Å². The summed E-state index contributed by atoms with van der Waals surface area (Å²) in [5.41, 5.74) is 2.25. The van der Waals surface area contributed by atoms with Gasteiger partial charge in [0.2, 0.25) is 0 Å². The van der Waals surface area contributed by atoms with Crippen molar-refractivity contribution in [1.82, 2.24) is 15.5 Å². The first-order valence-corrected chi connectivity index (χ1v) is 10.0. The zero-order chi connectivity index (χ0) is 19.4. The summed E-state index contributed by atoms with van der Waals surface area (Å²) in [5.74, 6) is 1.59. The van der Waals surface area contributed by atoms with Gasteiger partial charge >= 0.3 is 0 Å². The number of likely N-dealkylation sites (tertiary alicyclic amines) is 1. The highest BCUT2D eigenvalue weighted by molar-refractivity contribution is 14.0. The monoisotopic (exact) mass is 508 g/mol. The van der Waals surface area contributed by atoms with Crippen molar-refractivity contribution in [3.8, 4) is 0 Å². The highest BCUT2D eigenvalue weighted by Gasteiger charge is 2.43. The fourth-order valence-corrected chi connectivity index (χ4v) is 4.22. The first-order valence-electron chi connectivity index (χ1n) is 10.0. The van der Waals surface area contributed by atoms with Gasteiger partial charge < -0.3 is 20.0 Å². The molecule has 29 heavy (non-hydrogen) atoms. The first kappa shape index (κ1) is 21.7. The van der Waals surface area contributed by atoms with Crippen molar-refractivity contribution < 1.29 is 9.21 Å². The zero-order valence-corrected chi connectivity index (χ0v) is 19.1. The molecule has 1 aliphatic carbocycles. The van der Waals surface area contributed by atoms with Crippen LogP contribution in [-0.2, 0) is 13.1 Å². The molecule has 2 N–H and O–H groups in total. The number of halogens is 1.